The van der Waals surface area contributed by atoms with Gasteiger partial charge in [0.25, 0.3) is 5.91 Å². The van der Waals surface area contributed by atoms with Crippen molar-refractivity contribution in [1.29, 1.82) is 0 Å². The number of fused-ring (bicyclic) bond motifs is 1. The van der Waals surface area contributed by atoms with E-state index in [4.69, 9.17) is 9.47 Å². The molecule has 28 heavy (non-hydrogen) atoms. The lowest BCUT2D eigenvalue weighted by Crippen LogP contribution is -2.47. The van der Waals surface area contributed by atoms with Crippen molar-refractivity contribution in [2.24, 2.45) is 0 Å². The molecular formula is C24H31NO3. The zero-order valence-corrected chi connectivity index (χ0v) is 17.5. The minimum Gasteiger partial charge on any atom is -0.487 e. The van der Waals surface area contributed by atoms with Crippen LogP contribution in [-0.4, -0.2) is 17.6 Å². The lowest BCUT2D eigenvalue weighted by atomic mass is 9.83. The zero-order chi connectivity index (χ0) is 20.3. The fourth-order valence-electron chi connectivity index (χ4n) is 3.81. The van der Waals surface area contributed by atoms with E-state index in [2.05, 4.69) is 19.2 Å². The van der Waals surface area contributed by atoms with Crippen molar-refractivity contribution in [3.8, 4) is 11.5 Å². The van der Waals surface area contributed by atoms with Gasteiger partial charge in [-0.1, -0.05) is 44.2 Å². The molecule has 4 heteroatoms. The van der Waals surface area contributed by atoms with Gasteiger partial charge < -0.3 is 14.8 Å². The summed E-state index contributed by atoms with van der Waals surface area (Å²) in [6.45, 7) is 10.1. The van der Waals surface area contributed by atoms with Crippen molar-refractivity contribution >= 4 is 5.91 Å². The van der Waals surface area contributed by atoms with Gasteiger partial charge >= 0.3 is 0 Å². The summed E-state index contributed by atoms with van der Waals surface area (Å²) < 4.78 is 12.3. The Morgan fingerprint density at radius 3 is 2.61 bits per heavy atom. The predicted molar refractivity (Wildman–Crippen MR) is 112 cm³/mol. The number of para-hydroxylation sites is 1. The lowest BCUT2D eigenvalue weighted by Gasteiger charge is -2.41. The first kappa shape index (κ1) is 20.2. The Labute approximate surface area is 168 Å². The van der Waals surface area contributed by atoms with E-state index in [-0.39, 0.29) is 17.6 Å². The molecular weight excluding hydrogens is 350 g/mol. The van der Waals surface area contributed by atoms with Gasteiger partial charge in [-0.25, -0.2) is 0 Å². The van der Waals surface area contributed by atoms with E-state index in [1.165, 1.54) is 0 Å². The third-order valence-electron chi connectivity index (χ3n) is 6.03. The van der Waals surface area contributed by atoms with E-state index < -0.39 is 6.10 Å². The SMILES string of the molecule is CCC1(CC)C[C@@H](NC(=O)[C@H](C)Oc2cccc(C)c2C)c2ccccc2O1. The highest BCUT2D eigenvalue weighted by Gasteiger charge is 2.39. The zero-order valence-electron chi connectivity index (χ0n) is 17.5. The summed E-state index contributed by atoms with van der Waals surface area (Å²) in [4.78, 5) is 12.9. The third-order valence-corrected chi connectivity index (χ3v) is 6.03. The van der Waals surface area contributed by atoms with Gasteiger partial charge in [0, 0.05) is 12.0 Å². The number of carbonyl (C=O) groups is 1. The van der Waals surface area contributed by atoms with Crippen molar-refractivity contribution in [2.75, 3.05) is 0 Å². The Bertz CT molecular complexity index is 841. The average molecular weight is 382 g/mol. The lowest BCUT2D eigenvalue weighted by molar-refractivity contribution is -0.128. The third kappa shape index (κ3) is 4.01. The minimum absolute atomic E-state index is 0.0815. The Morgan fingerprint density at radius 2 is 1.89 bits per heavy atom. The molecule has 1 N–H and O–H groups in total. The molecule has 150 valence electrons. The Kier molecular flexibility index (Phi) is 5.97. The molecule has 0 spiro atoms. The molecule has 1 aliphatic rings. The van der Waals surface area contributed by atoms with E-state index in [0.717, 1.165) is 47.5 Å². The second-order valence-corrected chi connectivity index (χ2v) is 7.75. The van der Waals surface area contributed by atoms with E-state index in [1.807, 2.05) is 56.3 Å². The molecule has 0 bridgehead atoms. The second-order valence-electron chi connectivity index (χ2n) is 7.75. The molecule has 3 rings (SSSR count). The van der Waals surface area contributed by atoms with Crippen LogP contribution in [-0.2, 0) is 4.79 Å². The molecule has 0 saturated carbocycles. The highest BCUT2D eigenvalue weighted by atomic mass is 16.5. The van der Waals surface area contributed by atoms with E-state index in [0.29, 0.717) is 0 Å². The van der Waals surface area contributed by atoms with Crippen LogP contribution in [0.1, 0.15) is 62.8 Å². The van der Waals surface area contributed by atoms with Gasteiger partial charge in [-0.15, -0.1) is 0 Å². The van der Waals surface area contributed by atoms with Gasteiger partial charge in [-0.3, -0.25) is 4.79 Å². The fraction of sp³-hybridized carbons (Fsp3) is 0.458. The van der Waals surface area contributed by atoms with Gasteiger partial charge in [0.1, 0.15) is 17.1 Å². The van der Waals surface area contributed by atoms with Gasteiger partial charge in [-0.2, -0.15) is 0 Å². The molecule has 0 unspecified atom stereocenters. The fourth-order valence-corrected chi connectivity index (χ4v) is 3.81. The van der Waals surface area contributed by atoms with Crippen LogP contribution in [0.4, 0.5) is 0 Å². The molecule has 0 radical (unpaired) electrons. The summed E-state index contributed by atoms with van der Waals surface area (Å²) in [6, 6.07) is 13.8. The molecule has 0 aliphatic carbocycles. The molecule has 2 atom stereocenters. The molecule has 0 saturated heterocycles. The highest BCUT2D eigenvalue weighted by molar-refractivity contribution is 5.81. The topological polar surface area (TPSA) is 47.6 Å². The largest absolute Gasteiger partial charge is 0.487 e. The molecule has 1 aliphatic heterocycles. The number of benzene rings is 2. The highest BCUT2D eigenvalue weighted by Crippen LogP contribution is 2.42. The number of aryl methyl sites for hydroxylation is 1. The van der Waals surface area contributed by atoms with Gasteiger partial charge in [0.05, 0.1) is 6.04 Å². The number of rotatable bonds is 6. The van der Waals surface area contributed by atoms with E-state index >= 15 is 0 Å². The van der Waals surface area contributed by atoms with Crippen molar-refractivity contribution in [2.45, 2.75) is 71.6 Å². The normalized spacial score (nSPS) is 18.5. The summed E-state index contributed by atoms with van der Waals surface area (Å²) in [7, 11) is 0. The predicted octanol–water partition coefficient (Wildman–Crippen LogP) is 5.27. The summed E-state index contributed by atoms with van der Waals surface area (Å²) in [6.07, 6.45) is 1.99. The molecule has 0 aromatic heterocycles. The molecule has 2 aromatic carbocycles. The summed E-state index contributed by atoms with van der Waals surface area (Å²) in [5, 5.41) is 3.21. The van der Waals surface area contributed by atoms with Crippen LogP contribution in [0, 0.1) is 13.8 Å². The van der Waals surface area contributed by atoms with E-state index in [9.17, 15) is 4.79 Å². The molecule has 2 aromatic rings. The van der Waals surface area contributed by atoms with Crippen LogP contribution in [0.2, 0.25) is 0 Å². The average Bonchev–Trinajstić information content (AvgIpc) is 2.71. The number of ether oxygens (including phenoxy) is 2. The molecule has 1 amide bonds. The van der Waals surface area contributed by atoms with E-state index in [1.54, 1.807) is 6.92 Å². The smallest absolute Gasteiger partial charge is 0.261 e. The van der Waals surface area contributed by atoms with Crippen LogP contribution in [0.3, 0.4) is 0 Å². The summed E-state index contributed by atoms with van der Waals surface area (Å²) >= 11 is 0. The maximum atomic E-state index is 12.9. The van der Waals surface area contributed by atoms with Crippen molar-refractivity contribution in [1.82, 2.24) is 5.32 Å². The Morgan fingerprint density at radius 1 is 1.18 bits per heavy atom. The monoisotopic (exact) mass is 381 g/mol. The standard InChI is InChI=1S/C24H31NO3/c1-6-24(7-2)15-20(19-12-8-9-13-22(19)28-24)25-23(26)18(5)27-21-14-10-11-16(3)17(21)4/h8-14,18,20H,6-7,15H2,1-5H3,(H,25,26)/t18-,20+/m0/s1. The minimum atomic E-state index is -0.576. The summed E-state index contributed by atoms with van der Waals surface area (Å²) in [5.41, 5.74) is 3.00. The number of hydrogen-bond acceptors (Lipinski definition) is 3. The maximum absolute atomic E-state index is 12.9. The van der Waals surface area contributed by atoms with Crippen molar-refractivity contribution < 1.29 is 14.3 Å². The van der Waals surface area contributed by atoms with Crippen LogP contribution >= 0.6 is 0 Å². The number of nitrogens with one attached hydrogen (secondary N) is 1. The Hall–Kier alpha value is -2.49. The van der Waals surface area contributed by atoms with Crippen LogP contribution in [0.5, 0.6) is 11.5 Å². The van der Waals surface area contributed by atoms with Crippen molar-refractivity contribution in [3.05, 3.63) is 59.2 Å². The summed E-state index contributed by atoms with van der Waals surface area (Å²) in [5.74, 6) is 1.51. The van der Waals surface area contributed by atoms with Gasteiger partial charge in [-0.05, 0) is 56.9 Å². The number of amides is 1. The van der Waals surface area contributed by atoms with Crippen LogP contribution < -0.4 is 14.8 Å². The first-order valence-corrected chi connectivity index (χ1v) is 10.2. The van der Waals surface area contributed by atoms with Gasteiger partial charge in [0.2, 0.25) is 0 Å². The first-order valence-electron chi connectivity index (χ1n) is 10.2. The van der Waals surface area contributed by atoms with Gasteiger partial charge in [0.15, 0.2) is 6.10 Å². The maximum Gasteiger partial charge on any atom is 0.261 e. The first-order chi connectivity index (χ1) is 13.4. The van der Waals surface area contributed by atoms with Crippen LogP contribution in [0.25, 0.3) is 0 Å². The number of hydrogen-bond donors (Lipinski definition) is 1. The Balaban J connectivity index is 1.77. The van der Waals surface area contributed by atoms with Crippen LogP contribution in [0.15, 0.2) is 42.5 Å². The quantitative estimate of drug-likeness (QED) is 0.741. The second kappa shape index (κ2) is 8.26. The van der Waals surface area contributed by atoms with Crippen molar-refractivity contribution in [3.63, 3.8) is 0 Å². The molecule has 1 heterocycles. The molecule has 4 nitrogen and oxygen atoms in total. The number of carbonyl (C=O) groups excluding carboxylic acids is 1. The molecule has 0 fully saturated rings.